The Morgan fingerprint density at radius 3 is 1.60 bits per heavy atom. The van der Waals surface area contributed by atoms with Crippen molar-refractivity contribution in [1.82, 2.24) is 19.9 Å². The summed E-state index contributed by atoms with van der Waals surface area (Å²) >= 11 is 11.7. The molecule has 0 N–H and O–H groups in total. The van der Waals surface area contributed by atoms with E-state index in [4.69, 9.17) is 28.7 Å². The topological polar surface area (TPSA) is 99.1 Å². The van der Waals surface area contributed by atoms with Gasteiger partial charge in [-0.1, -0.05) is 0 Å². The fourth-order valence-corrected chi connectivity index (χ4v) is 1.17. The number of aromatic nitrogens is 4. The standard InChI is InChI=1S/C5H2BrN3.C4H2BrClN2.CN.Na/c6-4-2-8-5(1-7)9-3-4;5-3-1-7-4(6)8-2-3;1-2;/h2-3H;1-2H;;/q;;-1;+1. The molecule has 0 fully saturated rings. The van der Waals surface area contributed by atoms with E-state index in [0.717, 1.165) is 8.95 Å². The first-order chi connectivity index (χ1) is 9.11. The van der Waals surface area contributed by atoms with Crippen molar-refractivity contribution in [3.8, 4) is 6.07 Å². The largest absolute Gasteiger partial charge is 1.00 e. The molecule has 0 saturated heterocycles. The van der Waals surface area contributed by atoms with E-state index < -0.39 is 0 Å². The van der Waals surface area contributed by atoms with Crippen molar-refractivity contribution in [3.63, 3.8) is 0 Å². The molecule has 2 rings (SSSR count). The van der Waals surface area contributed by atoms with Crippen LogP contribution in [0.2, 0.25) is 5.28 Å². The first-order valence-electron chi connectivity index (χ1n) is 4.35. The van der Waals surface area contributed by atoms with E-state index in [1.54, 1.807) is 12.4 Å². The van der Waals surface area contributed by atoms with E-state index in [1.807, 2.05) is 6.07 Å². The molecule has 6 nitrogen and oxygen atoms in total. The summed E-state index contributed by atoms with van der Waals surface area (Å²) in [5.41, 5.74) is 0. The third-order valence-corrected chi connectivity index (χ3v) is 2.32. The Labute approximate surface area is 159 Å². The Hall–Kier alpha value is -0.610. The Balaban J connectivity index is 0. The van der Waals surface area contributed by atoms with Gasteiger partial charge in [0.2, 0.25) is 11.1 Å². The molecule has 0 aromatic carbocycles. The summed E-state index contributed by atoms with van der Waals surface area (Å²) in [4.78, 5) is 14.7. The molecule has 0 spiro atoms. The third-order valence-electron chi connectivity index (χ3n) is 1.31. The Morgan fingerprint density at radius 1 is 0.950 bits per heavy atom. The molecule has 96 valence electrons. The second kappa shape index (κ2) is 13.4. The maximum absolute atomic E-state index is 8.24. The molecule has 2 aromatic rings. The zero-order valence-corrected chi connectivity index (χ0v) is 16.1. The van der Waals surface area contributed by atoms with Crippen molar-refractivity contribution in [2.75, 3.05) is 0 Å². The van der Waals surface area contributed by atoms with E-state index >= 15 is 0 Å². The summed E-state index contributed by atoms with van der Waals surface area (Å²) in [5, 5.41) is 14.8. The molecule has 10 heteroatoms. The van der Waals surface area contributed by atoms with Crippen LogP contribution < -0.4 is 29.6 Å². The summed E-state index contributed by atoms with van der Waals surface area (Å²) in [6, 6.07) is 1.81. The summed E-state index contributed by atoms with van der Waals surface area (Å²) in [5.74, 6) is 0.193. The second-order valence-electron chi connectivity index (χ2n) is 2.51. The number of halogens is 3. The van der Waals surface area contributed by atoms with Gasteiger partial charge in [0.15, 0.2) is 0 Å². The molecule has 2 aromatic heterocycles. The van der Waals surface area contributed by atoms with E-state index in [-0.39, 0.29) is 40.7 Å². The molecule has 0 bridgehead atoms. The van der Waals surface area contributed by atoms with E-state index in [2.05, 4.69) is 51.8 Å². The van der Waals surface area contributed by atoms with Crippen molar-refractivity contribution in [2.45, 2.75) is 0 Å². The summed E-state index contributed by atoms with van der Waals surface area (Å²) < 4.78 is 1.61. The number of nitriles is 1. The molecule has 0 atom stereocenters. The molecular weight excluding hydrogens is 422 g/mol. The summed E-state index contributed by atoms with van der Waals surface area (Å²) in [6.45, 7) is 4.75. The summed E-state index contributed by atoms with van der Waals surface area (Å²) in [7, 11) is 0. The molecule has 20 heavy (non-hydrogen) atoms. The van der Waals surface area contributed by atoms with Gasteiger partial charge in [-0.05, 0) is 43.5 Å². The first-order valence-corrected chi connectivity index (χ1v) is 6.31. The smallest absolute Gasteiger partial charge is 0.512 e. The van der Waals surface area contributed by atoms with Crippen LogP contribution in [0.4, 0.5) is 0 Å². The van der Waals surface area contributed by atoms with Crippen LogP contribution in [0, 0.1) is 23.2 Å². The predicted molar refractivity (Wildman–Crippen MR) is 74.2 cm³/mol. The number of rotatable bonds is 0. The summed E-state index contributed by atoms with van der Waals surface area (Å²) in [6.07, 6.45) is 6.25. The zero-order chi connectivity index (χ0) is 14.7. The van der Waals surface area contributed by atoms with E-state index in [1.165, 1.54) is 12.4 Å². The molecule has 0 aliphatic rings. The van der Waals surface area contributed by atoms with Crippen molar-refractivity contribution >= 4 is 43.5 Å². The predicted octanol–water partition coefficient (Wildman–Crippen LogP) is 0.104. The van der Waals surface area contributed by atoms with Gasteiger partial charge in [0.05, 0.1) is 8.95 Å². The molecule has 0 radical (unpaired) electrons. The van der Waals surface area contributed by atoms with Crippen LogP contribution in [-0.2, 0) is 0 Å². The third kappa shape index (κ3) is 10.2. The van der Waals surface area contributed by atoms with Crippen LogP contribution >= 0.6 is 43.5 Å². The number of hydrogen-bond acceptors (Lipinski definition) is 6. The van der Waals surface area contributed by atoms with Gasteiger partial charge in [0, 0.05) is 24.8 Å². The van der Waals surface area contributed by atoms with Crippen LogP contribution in [0.15, 0.2) is 33.7 Å². The van der Waals surface area contributed by atoms with Gasteiger partial charge in [-0.15, -0.1) is 0 Å². The van der Waals surface area contributed by atoms with Crippen molar-refractivity contribution in [2.24, 2.45) is 0 Å². The molecule has 0 aliphatic heterocycles. The maximum Gasteiger partial charge on any atom is 1.00 e. The van der Waals surface area contributed by atoms with Crippen molar-refractivity contribution in [3.05, 3.63) is 51.4 Å². The van der Waals surface area contributed by atoms with Crippen molar-refractivity contribution < 1.29 is 29.6 Å². The number of nitrogens with zero attached hydrogens (tertiary/aromatic N) is 6. The van der Waals surface area contributed by atoms with Crippen LogP contribution in [-0.4, -0.2) is 19.9 Å². The molecule has 2 heterocycles. The van der Waals surface area contributed by atoms with E-state index in [9.17, 15) is 0 Å². The van der Waals surface area contributed by atoms with Gasteiger partial charge in [-0.3, -0.25) is 0 Å². The normalized spacial score (nSPS) is 7.60. The SMILES string of the molecule is Clc1ncc(Br)cn1.N#Cc1ncc(Br)cn1.[C-]#N.[Na+]. The minimum Gasteiger partial charge on any atom is -0.512 e. The van der Waals surface area contributed by atoms with E-state index in [0.29, 0.717) is 0 Å². The minimum absolute atomic E-state index is 0. The minimum atomic E-state index is 0. The molecular formula is C10H4Br2ClN6Na. The maximum atomic E-state index is 8.24. The van der Waals surface area contributed by atoms with Gasteiger partial charge in [-0.25, -0.2) is 19.9 Å². The Kier molecular flexibility index (Phi) is 14.5. The van der Waals surface area contributed by atoms with Crippen LogP contribution in [0.5, 0.6) is 0 Å². The fraction of sp³-hybridized carbons (Fsp3) is 0. The van der Waals surface area contributed by atoms with Crippen LogP contribution in [0.1, 0.15) is 5.82 Å². The average molecular weight is 426 g/mol. The van der Waals surface area contributed by atoms with Gasteiger partial charge >= 0.3 is 29.6 Å². The molecule has 0 saturated carbocycles. The monoisotopic (exact) mass is 424 g/mol. The van der Waals surface area contributed by atoms with Gasteiger partial charge in [-0.2, -0.15) is 5.26 Å². The Bertz CT molecular complexity index is 534. The zero-order valence-electron chi connectivity index (χ0n) is 10.1. The number of hydrogen-bond donors (Lipinski definition) is 0. The van der Waals surface area contributed by atoms with Gasteiger partial charge in [0.1, 0.15) is 6.07 Å². The quantitative estimate of drug-likeness (QED) is 0.337. The van der Waals surface area contributed by atoms with Crippen LogP contribution in [0.3, 0.4) is 0 Å². The van der Waals surface area contributed by atoms with Gasteiger partial charge in [0.25, 0.3) is 0 Å². The molecule has 0 unspecified atom stereocenters. The second-order valence-corrected chi connectivity index (χ2v) is 4.68. The van der Waals surface area contributed by atoms with Crippen LogP contribution in [0.25, 0.3) is 0 Å². The molecule has 0 aliphatic carbocycles. The van der Waals surface area contributed by atoms with Gasteiger partial charge < -0.3 is 11.8 Å². The average Bonchev–Trinajstić information content (AvgIpc) is 2.46. The Morgan fingerprint density at radius 2 is 1.30 bits per heavy atom. The fourth-order valence-electron chi connectivity index (χ4n) is 0.667. The molecule has 0 amide bonds. The first kappa shape index (κ1) is 21.7. The van der Waals surface area contributed by atoms with Crippen molar-refractivity contribution in [1.29, 1.82) is 10.5 Å².